The van der Waals surface area contributed by atoms with Gasteiger partial charge in [-0.05, 0) is 37.5 Å². The van der Waals surface area contributed by atoms with Gasteiger partial charge in [-0.3, -0.25) is 4.79 Å². The van der Waals surface area contributed by atoms with Crippen LogP contribution in [0.1, 0.15) is 32.3 Å². The van der Waals surface area contributed by atoms with E-state index in [-0.39, 0.29) is 11.8 Å². The summed E-state index contributed by atoms with van der Waals surface area (Å²) < 4.78 is 0. The second kappa shape index (κ2) is 6.04. The number of pyridine rings is 1. The lowest BCUT2D eigenvalue weighted by molar-refractivity contribution is -0.135. The summed E-state index contributed by atoms with van der Waals surface area (Å²) in [6.07, 6.45) is 3.82. The Hall–Kier alpha value is -1.58. The van der Waals surface area contributed by atoms with Gasteiger partial charge in [0.1, 0.15) is 5.82 Å². The van der Waals surface area contributed by atoms with E-state index in [1.807, 2.05) is 31.0 Å². The summed E-state index contributed by atoms with van der Waals surface area (Å²) in [6, 6.07) is 4.48. The number of anilines is 1. The number of hydrogen-bond acceptors (Lipinski definition) is 3. The molecule has 1 N–H and O–H groups in total. The highest BCUT2D eigenvalue weighted by Crippen LogP contribution is 2.17. The number of rotatable bonds is 3. The normalized spacial score (nSPS) is 16.7. The lowest BCUT2D eigenvalue weighted by Crippen LogP contribution is -2.44. The molecule has 2 rings (SSSR count). The smallest absolute Gasteiger partial charge is 0.225 e. The third-order valence-corrected chi connectivity index (χ3v) is 3.57. The molecule has 19 heavy (non-hydrogen) atoms. The summed E-state index contributed by atoms with van der Waals surface area (Å²) >= 11 is 0. The van der Waals surface area contributed by atoms with E-state index in [0.29, 0.717) is 6.04 Å². The minimum absolute atomic E-state index is 0.1000. The quantitative estimate of drug-likeness (QED) is 0.909. The van der Waals surface area contributed by atoms with Crippen LogP contribution in [-0.4, -0.2) is 34.9 Å². The van der Waals surface area contributed by atoms with Crippen LogP contribution in [0.2, 0.25) is 0 Å². The van der Waals surface area contributed by atoms with Gasteiger partial charge in [0.2, 0.25) is 5.91 Å². The van der Waals surface area contributed by atoms with Gasteiger partial charge in [0.25, 0.3) is 0 Å². The summed E-state index contributed by atoms with van der Waals surface area (Å²) in [7, 11) is 0. The Balaban J connectivity index is 1.85. The van der Waals surface area contributed by atoms with Gasteiger partial charge in [-0.15, -0.1) is 0 Å². The lowest BCUT2D eigenvalue weighted by Gasteiger charge is -2.33. The second-order valence-corrected chi connectivity index (χ2v) is 5.62. The average Bonchev–Trinajstić information content (AvgIpc) is 2.39. The molecule has 4 nitrogen and oxygen atoms in total. The number of nitrogens with zero attached hydrogens (tertiary/aromatic N) is 2. The van der Waals surface area contributed by atoms with Crippen molar-refractivity contribution in [2.45, 2.75) is 39.7 Å². The Bertz CT molecular complexity index is 437. The van der Waals surface area contributed by atoms with E-state index >= 15 is 0 Å². The van der Waals surface area contributed by atoms with Crippen molar-refractivity contribution in [2.24, 2.45) is 5.92 Å². The highest BCUT2D eigenvalue weighted by molar-refractivity contribution is 5.78. The zero-order valence-electron chi connectivity index (χ0n) is 12.0. The maximum absolute atomic E-state index is 11.9. The van der Waals surface area contributed by atoms with Crippen molar-refractivity contribution in [1.29, 1.82) is 0 Å². The van der Waals surface area contributed by atoms with Crippen LogP contribution in [0.5, 0.6) is 0 Å². The Labute approximate surface area is 115 Å². The highest BCUT2D eigenvalue weighted by atomic mass is 16.2. The average molecular weight is 261 g/mol. The first-order valence-electron chi connectivity index (χ1n) is 7.04. The predicted molar refractivity (Wildman–Crippen MR) is 77.0 cm³/mol. The van der Waals surface area contributed by atoms with Crippen LogP contribution in [-0.2, 0) is 4.79 Å². The Kier molecular flexibility index (Phi) is 4.40. The molecule has 0 atom stereocenters. The van der Waals surface area contributed by atoms with Crippen molar-refractivity contribution in [3.8, 4) is 0 Å². The van der Waals surface area contributed by atoms with Gasteiger partial charge >= 0.3 is 0 Å². The van der Waals surface area contributed by atoms with E-state index in [1.165, 1.54) is 5.56 Å². The fraction of sp³-hybridized carbons (Fsp3) is 0.600. The topological polar surface area (TPSA) is 45.2 Å². The zero-order valence-corrected chi connectivity index (χ0v) is 12.0. The van der Waals surface area contributed by atoms with Crippen LogP contribution >= 0.6 is 0 Å². The number of likely N-dealkylation sites (tertiary alicyclic amines) is 1. The van der Waals surface area contributed by atoms with Crippen LogP contribution in [0.4, 0.5) is 5.82 Å². The first-order valence-corrected chi connectivity index (χ1v) is 7.04. The molecule has 2 heterocycles. The van der Waals surface area contributed by atoms with E-state index in [9.17, 15) is 4.79 Å². The van der Waals surface area contributed by atoms with Gasteiger partial charge < -0.3 is 10.2 Å². The fourth-order valence-corrected chi connectivity index (χ4v) is 2.43. The molecule has 0 spiro atoms. The molecule has 1 saturated heterocycles. The third-order valence-electron chi connectivity index (χ3n) is 3.57. The summed E-state index contributed by atoms with van der Waals surface area (Å²) in [5, 5.41) is 3.46. The number of aromatic nitrogens is 1. The van der Waals surface area contributed by atoms with Crippen molar-refractivity contribution < 1.29 is 4.79 Å². The Morgan fingerprint density at radius 3 is 2.68 bits per heavy atom. The molecule has 0 aromatic carbocycles. The maximum atomic E-state index is 11.9. The van der Waals surface area contributed by atoms with Crippen molar-refractivity contribution in [2.75, 3.05) is 18.4 Å². The molecular formula is C15H23N3O. The Morgan fingerprint density at radius 1 is 1.42 bits per heavy atom. The minimum atomic E-state index is 0.1000. The first kappa shape index (κ1) is 13.8. The number of carbonyl (C=O) groups excluding carboxylic acids is 1. The van der Waals surface area contributed by atoms with Gasteiger partial charge in [-0.1, -0.05) is 13.8 Å². The highest BCUT2D eigenvalue weighted by Gasteiger charge is 2.24. The van der Waals surface area contributed by atoms with Crippen LogP contribution in [0.15, 0.2) is 18.3 Å². The standard InChI is InChI=1S/C15H23N3O/c1-11(2)15(19)18-8-5-13(6-9-18)17-14-10-12(3)4-7-16-14/h4,7,10-11,13H,5-6,8-9H2,1-3H3,(H,16,17). The van der Waals surface area contributed by atoms with Gasteiger partial charge in [0.15, 0.2) is 0 Å². The van der Waals surface area contributed by atoms with Crippen molar-refractivity contribution >= 4 is 11.7 Å². The van der Waals surface area contributed by atoms with Gasteiger partial charge in [0.05, 0.1) is 0 Å². The molecule has 0 radical (unpaired) electrons. The van der Waals surface area contributed by atoms with Crippen LogP contribution in [0.25, 0.3) is 0 Å². The molecule has 0 aliphatic carbocycles. The van der Waals surface area contributed by atoms with Gasteiger partial charge in [-0.25, -0.2) is 4.98 Å². The minimum Gasteiger partial charge on any atom is -0.367 e. The van der Waals surface area contributed by atoms with E-state index in [1.54, 1.807) is 0 Å². The summed E-state index contributed by atoms with van der Waals surface area (Å²) in [6.45, 7) is 7.68. The molecule has 0 bridgehead atoms. The van der Waals surface area contributed by atoms with Gasteiger partial charge in [0, 0.05) is 31.2 Å². The predicted octanol–water partition coefficient (Wildman–Crippen LogP) is 2.45. The number of nitrogens with one attached hydrogen (secondary N) is 1. The SMILES string of the molecule is Cc1ccnc(NC2CCN(C(=O)C(C)C)CC2)c1. The Morgan fingerprint density at radius 2 is 2.11 bits per heavy atom. The van der Waals surface area contributed by atoms with E-state index in [4.69, 9.17) is 0 Å². The molecule has 1 amide bonds. The third kappa shape index (κ3) is 3.69. The van der Waals surface area contributed by atoms with Crippen molar-refractivity contribution in [1.82, 2.24) is 9.88 Å². The molecule has 0 saturated carbocycles. The summed E-state index contributed by atoms with van der Waals surface area (Å²) in [5.41, 5.74) is 1.21. The molecule has 4 heteroatoms. The maximum Gasteiger partial charge on any atom is 0.225 e. The number of hydrogen-bond donors (Lipinski definition) is 1. The largest absolute Gasteiger partial charge is 0.367 e. The fourth-order valence-electron chi connectivity index (χ4n) is 2.43. The molecule has 1 aliphatic rings. The molecule has 1 aromatic heterocycles. The zero-order chi connectivity index (χ0) is 13.8. The molecule has 0 unspecified atom stereocenters. The number of aryl methyl sites for hydroxylation is 1. The second-order valence-electron chi connectivity index (χ2n) is 5.62. The first-order chi connectivity index (χ1) is 9.06. The molecule has 104 valence electrons. The molecule has 1 aromatic rings. The van der Waals surface area contributed by atoms with Crippen LogP contribution in [0, 0.1) is 12.8 Å². The summed E-state index contributed by atoms with van der Waals surface area (Å²) in [5.74, 6) is 1.31. The molecule has 1 aliphatic heterocycles. The van der Waals surface area contributed by atoms with Crippen molar-refractivity contribution in [3.63, 3.8) is 0 Å². The monoisotopic (exact) mass is 261 g/mol. The molecular weight excluding hydrogens is 238 g/mol. The number of amides is 1. The number of carbonyl (C=O) groups is 1. The van der Waals surface area contributed by atoms with E-state index in [2.05, 4.69) is 23.3 Å². The summed E-state index contributed by atoms with van der Waals surface area (Å²) in [4.78, 5) is 18.2. The van der Waals surface area contributed by atoms with Gasteiger partial charge in [-0.2, -0.15) is 0 Å². The van der Waals surface area contributed by atoms with Crippen molar-refractivity contribution in [3.05, 3.63) is 23.9 Å². The molecule has 1 fully saturated rings. The number of piperidine rings is 1. The van der Waals surface area contributed by atoms with Crippen LogP contribution in [0.3, 0.4) is 0 Å². The van der Waals surface area contributed by atoms with E-state index in [0.717, 1.165) is 31.7 Å². The lowest BCUT2D eigenvalue weighted by atomic mass is 10.0. The van der Waals surface area contributed by atoms with Crippen LogP contribution < -0.4 is 5.32 Å². The van der Waals surface area contributed by atoms with E-state index < -0.39 is 0 Å².